The standard InChI is InChI=1S/C16H13ClN2O6S/c1-9-6-10(2-3-11(9)19(23)24)16(22)18-7-15(21)25-8-12(20)13-4-5-14(17)26-13/h2-6H,7-8H2,1H3,(H,18,22). The molecular formula is C16H13ClN2O6S. The fourth-order valence-corrected chi connectivity index (χ4v) is 2.96. The maximum atomic E-state index is 12.0. The molecule has 136 valence electrons. The van der Waals surface area contributed by atoms with Crippen LogP contribution in [0.15, 0.2) is 30.3 Å². The Kier molecular flexibility index (Phi) is 6.42. The Hall–Kier alpha value is -2.78. The molecule has 2 rings (SSSR count). The summed E-state index contributed by atoms with van der Waals surface area (Å²) in [7, 11) is 0. The molecule has 0 atom stereocenters. The molecular weight excluding hydrogens is 384 g/mol. The molecule has 1 N–H and O–H groups in total. The molecule has 2 aromatic rings. The number of nitrogens with zero attached hydrogens (tertiary/aromatic N) is 1. The highest BCUT2D eigenvalue weighted by atomic mass is 35.5. The number of carbonyl (C=O) groups is 3. The highest BCUT2D eigenvalue weighted by Gasteiger charge is 2.16. The van der Waals surface area contributed by atoms with Crippen molar-refractivity contribution in [3.63, 3.8) is 0 Å². The first-order chi connectivity index (χ1) is 12.3. The Morgan fingerprint density at radius 1 is 1.27 bits per heavy atom. The first-order valence-electron chi connectivity index (χ1n) is 7.25. The van der Waals surface area contributed by atoms with Crippen molar-refractivity contribution in [3.8, 4) is 0 Å². The van der Waals surface area contributed by atoms with Gasteiger partial charge in [0.15, 0.2) is 6.61 Å². The van der Waals surface area contributed by atoms with Gasteiger partial charge in [-0.05, 0) is 31.2 Å². The SMILES string of the molecule is Cc1cc(C(=O)NCC(=O)OCC(=O)c2ccc(Cl)s2)ccc1[N+](=O)[O-]. The van der Waals surface area contributed by atoms with Crippen molar-refractivity contribution in [2.45, 2.75) is 6.92 Å². The number of thiophene rings is 1. The van der Waals surface area contributed by atoms with E-state index >= 15 is 0 Å². The van der Waals surface area contributed by atoms with Gasteiger partial charge in [0.1, 0.15) is 6.54 Å². The van der Waals surface area contributed by atoms with Gasteiger partial charge in [-0.25, -0.2) is 0 Å². The van der Waals surface area contributed by atoms with E-state index in [1.165, 1.54) is 31.2 Å². The number of carbonyl (C=O) groups excluding carboxylic acids is 3. The summed E-state index contributed by atoms with van der Waals surface area (Å²) in [6, 6.07) is 6.95. The quantitative estimate of drug-likeness (QED) is 0.333. The summed E-state index contributed by atoms with van der Waals surface area (Å²) in [5.74, 6) is -1.77. The van der Waals surface area contributed by atoms with Crippen LogP contribution in [0.25, 0.3) is 0 Å². The third-order valence-corrected chi connectivity index (χ3v) is 4.53. The monoisotopic (exact) mass is 396 g/mol. The lowest BCUT2D eigenvalue weighted by molar-refractivity contribution is -0.385. The van der Waals surface area contributed by atoms with E-state index in [2.05, 4.69) is 5.32 Å². The molecule has 1 aromatic carbocycles. The first kappa shape index (κ1) is 19.5. The topological polar surface area (TPSA) is 116 Å². The normalized spacial score (nSPS) is 10.2. The van der Waals surface area contributed by atoms with Crippen molar-refractivity contribution < 1.29 is 24.0 Å². The molecule has 0 aliphatic carbocycles. The number of hydrogen-bond donors (Lipinski definition) is 1. The Labute approximate surface area is 156 Å². The molecule has 1 heterocycles. The number of nitro benzene ring substituents is 1. The van der Waals surface area contributed by atoms with Crippen LogP contribution in [-0.4, -0.2) is 35.7 Å². The number of ketones is 1. The summed E-state index contributed by atoms with van der Waals surface area (Å²) in [4.78, 5) is 46.0. The fraction of sp³-hybridized carbons (Fsp3) is 0.188. The molecule has 0 spiro atoms. The van der Waals surface area contributed by atoms with Gasteiger partial charge in [0.05, 0.1) is 14.1 Å². The smallest absolute Gasteiger partial charge is 0.325 e. The number of Topliss-reactive ketones (excluding diaryl/α,β-unsaturated/α-hetero) is 1. The summed E-state index contributed by atoms with van der Waals surface area (Å²) < 4.78 is 5.25. The van der Waals surface area contributed by atoms with Gasteiger partial charge in [0.25, 0.3) is 11.6 Å². The highest BCUT2D eigenvalue weighted by molar-refractivity contribution is 7.18. The number of aryl methyl sites for hydroxylation is 1. The van der Waals surface area contributed by atoms with Crippen molar-refractivity contribution >= 4 is 46.3 Å². The number of benzene rings is 1. The van der Waals surface area contributed by atoms with Gasteiger partial charge in [-0.3, -0.25) is 24.5 Å². The molecule has 0 saturated carbocycles. The van der Waals surface area contributed by atoms with Gasteiger partial charge < -0.3 is 10.1 Å². The highest BCUT2D eigenvalue weighted by Crippen LogP contribution is 2.21. The summed E-state index contributed by atoms with van der Waals surface area (Å²) in [5.41, 5.74) is 0.392. The van der Waals surface area contributed by atoms with Crippen molar-refractivity contribution in [1.29, 1.82) is 0 Å². The number of ether oxygens (including phenoxy) is 1. The van der Waals surface area contributed by atoms with Crippen LogP contribution >= 0.6 is 22.9 Å². The van der Waals surface area contributed by atoms with E-state index in [9.17, 15) is 24.5 Å². The number of esters is 1. The number of nitro groups is 1. The van der Waals surface area contributed by atoms with Gasteiger partial charge in [0, 0.05) is 17.2 Å². The van der Waals surface area contributed by atoms with E-state index in [-0.39, 0.29) is 11.3 Å². The second kappa shape index (κ2) is 8.54. The minimum atomic E-state index is -0.784. The van der Waals surface area contributed by atoms with E-state index in [0.29, 0.717) is 14.8 Å². The fourth-order valence-electron chi connectivity index (χ4n) is 1.99. The largest absolute Gasteiger partial charge is 0.456 e. The van der Waals surface area contributed by atoms with Gasteiger partial charge in [-0.1, -0.05) is 11.6 Å². The third kappa shape index (κ3) is 5.11. The van der Waals surface area contributed by atoms with Crippen LogP contribution < -0.4 is 5.32 Å². The van der Waals surface area contributed by atoms with E-state index in [1.54, 1.807) is 6.07 Å². The maximum absolute atomic E-state index is 12.0. The second-order valence-corrected chi connectivity index (χ2v) is 6.84. The lowest BCUT2D eigenvalue weighted by Gasteiger charge is -2.06. The Balaban J connectivity index is 1.83. The van der Waals surface area contributed by atoms with E-state index in [1.807, 2.05) is 0 Å². The summed E-state index contributed by atoms with van der Waals surface area (Å²) >= 11 is 6.80. The van der Waals surface area contributed by atoms with Gasteiger partial charge in [-0.2, -0.15) is 0 Å². The molecule has 0 unspecified atom stereocenters. The van der Waals surface area contributed by atoms with Gasteiger partial charge in [0.2, 0.25) is 5.78 Å². The molecule has 0 bridgehead atoms. The first-order valence-corrected chi connectivity index (χ1v) is 8.44. The van der Waals surface area contributed by atoms with Crippen molar-refractivity contribution in [3.05, 3.63) is 60.8 Å². The molecule has 8 nitrogen and oxygen atoms in total. The third-order valence-electron chi connectivity index (χ3n) is 3.26. The molecule has 10 heteroatoms. The second-order valence-electron chi connectivity index (χ2n) is 5.13. The number of hydrogen-bond acceptors (Lipinski definition) is 7. The van der Waals surface area contributed by atoms with Crippen LogP contribution in [0.2, 0.25) is 4.34 Å². The van der Waals surface area contributed by atoms with Gasteiger partial charge >= 0.3 is 5.97 Å². The van der Waals surface area contributed by atoms with Crippen LogP contribution in [-0.2, 0) is 9.53 Å². The average Bonchev–Trinajstić information content (AvgIpc) is 3.03. The average molecular weight is 397 g/mol. The Bertz CT molecular complexity index is 879. The predicted molar refractivity (Wildman–Crippen MR) is 94.8 cm³/mol. The molecule has 0 fully saturated rings. The van der Waals surface area contributed by atoms with Crippen molar-refractivity contribution in [2.75, 3.05) is 13.2 Å². The number of halogens is 1. The van der Waals surface area contributed by atoms with Crippen LogP contribution in [0.4, 0.5) is 5.69 Å². The summed E-state index contributed by atoms with van der Waals surface area (Å²) in [5, 5.41) is 13.1. The zero-order chi connectivity index (χ0) is 19.3. The minimum absolute atomic E-state index is 0.104. The van der Waals surface area contributed by atoms with E-state index < -0.39 is 35.7 Å². The summed E-state index contributed by atoms with van der Waals surface area (Å²) in [6.45, 7) is 0.612. The molecule has 1 aromatic heterocycles. The lowest BCUT2D eigenvalue weighted by atomic mass is 10.1. The van der Waals surface area contributed by atoms with Crippen molar-refractivity contribution in [1.82, 2.24) is 5.32 Å². The molecule has 0 aliphatic rings. The lowest BCUT2D eigenvalue weighted by Crippen LogP contribution is -2.31. The van der Waals surface area contributed by atoms with E-state index in [0.717, 1.165) is 11.3 Å². The maximum Gasteiger partial charge on any atom is 0.325 e. The zero-order valence-corrected chi connectivity index (χ0v) is 15.1. The summed E-state index contributed by atoms with van der Waals surface area (Å²) in [6.07, 6.45) is 0. The van der Waals surface area contributed by atoms with E-state index in [4.69, 9.17) is 16.3 Å². The van der Waals surface area contributed by atoms with Gasteiger partial charge in [-0.15, -0.1) is 11.3 Å². The minimum Gasteiger partial charge on any atom is -0.456 e. The number of nitrogens with one attached hydrogen (secondary N) is 1. The molecule has 0 radical (unpaired) electrons. The Morgan fingerprint density at radius 3 is 2.58 bits per heavy atom. The van der Waals surface area contributed by atoms with Crippen LogP contribution in [0.3, 0.4) is 0 Å². The van der Waals surface area contributed by atoms with Crippen LogP contribution in [0, 0.1) is 17.0 Å². The number of rotatable bonds is 7. The number of amides is 1. The molecule has 1 amide bonds. The molecule has 0 aliphatic heterocycles. The molecule has 26 heavy (non-hydrogen) atoms. The van der Waals surface area contributed by atoms with Crippen LogP contribution in [0.1, 0.15) is 25.6 Å². The predicted octanol–water partition coefficient (Wildman–Crippen LogP) is 2.77. The molecule has 0 saturated heterocycles. The Morgan fingerprint density at radius 2 is 2.00 bits per heavy atom. The van der Waals surface area contributed by atoms with Crippen LogP contribution in [0.5, 0.6) is 0 Å². The zero-order valence-electron chi connectivity index (χ0n) is 13.5. The van der Waals surface area contributed by atoms with Crippen molar-refractivity contribution in [2.24, 2.45) is 0 Å².